The second-order valence-electron chi connectivity index (χ2n) is 4.56. The van der Waals surface area contributed by atoms with Crippen molar-refractivity contribution < 1.29 is 14.3 Å². The van der Waals surface area contributed by atoms with E-state index in [2.05, 4.69) is 10.6 Å². The predicted molar refractivity (Wildman–Crippen MR) is 83.2 cm³/mol. The molecule has 0 unspecified atom stereocenters. The second-order valence-corrected chi connectivity index (χ2v) is 5.56. The van der Waals surface area contributed by atoms with Crippen molar-refractivity contribution in [3.05, 3.63) is 10.4 Å². The quantitative estimate of drug-likeness (QED) is 0.742. The summed E-state index contributed by atoms with van der Waals surface area (Å²) in [5.74, 6) is -0.523. The maximum atomic E-state index is 12.1. The number of hydrogen-bond donors (Lipinski definition) is 3. The van der Waals surface area contributed by atoms with Gasteiger partial charge in [-0.25, -0.2) is 0 Å². The van der Waals surface area contributed by atoms with Crippen molar-refractivity contribution in [2.24, 2.45) is 0 Å². The van der Waals surface area contributed by atoms with E-state index >= 15 is 0 Å². The van der Waals surface area contributed by atoms with E-state index in [1.165, 1.54) is 11.3 Å². The van der Waals surface area contributed by atoms with Crippen molar-refractivity contribution in [1.82, 2.24) is 10.6 Å². The molecule has 1 aromatic rings. The molecule has 0 atom stereocenters. The van der Waals surface area contributed by atoms with E-state index in [1.807, 2.05) is 11.8 Å². The molecule has 2 amide bonds. The van der Waals surface area contributed by atoms with E-state index in [0.717, 1.165) is 5.00 Å². The zero-order valence-corrected chi connectivity index (χ0v) is 13.0. The third-order valence-corrected chi connectivity index (χ3v) is 4.49. The molecule has 0 bridgehead atoms. The lowest BCUT2D eigenvalue weighted by atomic mass is 10.2. The van der Waals surface area contributed by atoms with E-state index in [9.17, 15) is 9.59 Å². The first kappa shape index (κ1) is 15.6. The molecule has 2 rings (SSSR count). The van der Waals surface area contributed by atoms with Crippen LogP contribution in [0.15, 0.2) is 0 Å². The maximum Gasteiger partial charge on any atom is 0.263 e. The van der Waals surface area contributed by atoms with Crippen LogP contribution >= 0.6 is 11.3 Å². The minimum atomic E-state index is -0.277. The summed E-state index contributed by atoms with van der Waals surface area (Å²) in [6.45, 7) is 4.91. The van der Waals surface area contributed by atoms with Gasteiger partial charge in [-0.05, 0) is 6.92 Å². The normalized spacial score (nSPS) is 14.9. The number of nitrogen functional groups attached to an aromatic ring is 1. The van der Waals surface area contributed by atoms with Gasteiger partial charge in [0.15, 0.2) is 0 Å². The van der Waals surface area contributed by atoms with Gasteiger partial charge in [0.05, 0.1) is 24.5 Å². The fraction of sp³-hybridized carbons (Fsp3) is 0.538. The standard InChI is InChI=1S/C13H20N4O3S/c1-3-16-12(19)10-9(14)8(11(18)15-2)13(21-10)17-4-6-20-7-5-17/h3-7,14H2,1-2H3,(H,15,18)(H,16,19). The number of hydrogen-bond acceptors (Lipinski definition) is 6. The summed E-state index contributed by atoms with van der Waals surface area (Å²) in [4.78, 5) is 26.6. The number of carbonyl (C=O) groups excluding carboxylic acids is 2. The van der Waals surface area contributed by atoms with Gasteiger partial charge in [0.2, 0.25) is 0 Å². The van der Waals surface area contributed by atoms with Gasteiger partial charge in [-0.1, -0.05) is 0 Å². The molecular formula is C13H20N4O3S. The first-order valence-electron chi connectivity index (χ1n) is 6.85. The molecule has 116 valence electrons. The minimum absolute atomic E-state index is 0.242. The van der Waals surface area contributed by atoms with Crippen molar-refractivity contribution in [3.63, 3.8) is 0 Å². The summed E-state index contributed by atoms with van der Waals surface area (Å²) in [7, 11) is 1.55. The summed E-state index contributed by atoms with van der Waals surface area (Å²) in [6.07, 6.45) is 0. The van der Waals surface area contributed by atoms with Crippen LogP contribution in [-0.2, 0) is 4.74 Å². The van der Waals surface area contributed by atoms with Crippen molar-refractivity contribution in [2.45, 2.75) is 6.92 Å². The average Bonchev–Trinajstić information content (AvgIpc) is 2.85. The number of carbonyl (C=O) groups is 2. The number of nitrogens with one attached hydrogen (secondary N) is 2. The fourth-order valence-corrected chi connectivity index (χ4v) is 3.36. The molecule has 21 heavy (non-hydrogen) atoms. The number of ether oxygens (including phenoxy) is 1. The maximum absolute atomic E-state index is 12.1. The topological polar surface area (TPSA) is 96.7 Å². The van der Waals surface area contributed by atoms with Crippen LogP contribution in [0.5, 0.6) is 0 Å². The summed E-state index contributed by atoms with van der Waals surface area (Å²) in [5, 5.41) is 6.04. The molecule has 1 saturated heterocycles. The molecule has 0 spiro atoms. The molecule has 0 saturated carbocycles. The largest absolute Gasteiger partial charge is 0.397 e. The lowest BCUT2D eigenvalue weighted by Gasteiger charge is -2.28. The van der Waals surface area contributed by atoms with Crippen LogP contribution in [0.25, 0.3) is 0 Å². The number of amides is 2. The highest BCUT2D eigenvalue weighted by molar-refractivity contribution is 7.19. The smallest absolute Gasteiger partial charge is 0.263 e. The predicted octanol–water partition coefficient (Wildman–Crippen LogP) is 0.276. The number of thiophene rings is 1. The molecule has 8 heteroatoms. The molecule has 4 N–H and O–H groups in total. The molecule has 1 fully saturated rings. The highest BCUT2D eigenvalue weighted by Gasteiger charge is 2.28. The van der Waals surface area contributed by atoms with Crippen LogP contribution in [0.4, 0.5) is 10.7 Å². The van der Waals surface area contributed by atoms with Crippen LogP contribution in [0.1, 0.15) is 27.0 Å². The average molecular weight is 312 g/mol. The van der Waals surface area contributed by atoms with E-state index < -0.39 is 0 Å². The lowest BCUT2D eigenvalue weighted by molar-refractivity contribution is 0.0958. The molecule has 2 heterocycles. The fourth-order valence-electron chi connectivity index (χ4n) is 2.17. The third-order valence-electron chi connectivity index (χ3n) is 3.22. The number of morpholine rings is 1. The van der Waals surface area contributed by atoms with Crippen LogP contribution in [0.2, 0.25) is 0 Å². The summed E-state index contributed by atoms with van der Waals surface area (Å²) in [5.41, 5.74) is 6.67. The summed E-state index contributed by atoms with van der Waals surface area (Å²) >= 11 is 1.26. The van der Waals surface area contributed by atoms with Gasteiger partial charge in [-0.15, -0.1) is 11.3 Å². The van der Waals surface area contributed by atoms with Gasteiger partial charge in [0, 0.05) is 26.7 Å². The van der Waals surface area contributed by atoms with Gasteiger partial charge in [-0.2, -0.15) is 0 Å². The Morgan fingerprint density at radius 1 is 1.33 bits per heavy atom. The SMILES string of the molecule is CCNC(=O)c1sc(N2CCOCC2)c(C(=O)NC)c1N. The number of anilines is 2. The van der Waals surface area contributed by atoms with Crippen LogP contribution in [0, 0.1) is 0 Å². The molecule has 1 aromatic heterocycles. The molecule has 0 aromatic carbocycles. The van der Waals surface area contributed by atoms with E-state index in [1.54, 1.807) is 7.05 Å². The number of nitrogens with zero attached hydrogens (tertiary/aromatic N) is 1. The monoisotopic (exact) mass is 312 g/mol. The number of rotatable bonds is 4. The van der Waals surface area contributed by atoms with E-state index in [-0.39, 0.29) is 17.5 Å². The van der Waals surface area contributed by atoms with Crippen LogP contribution < -0.4 is 21.3 Å². The first-order valence-corrected chi connectivity index (χ1v) is 7.67. The zero-order valence-electron chi connectivity index (χ0n) is 12.2. The molecule has 0 aliphatic carbocycles. The second kappa shape index (κ2) is 6.77. The minimum Gasteiger partial charge on any atom is -0.397 e. The third kappa shape index (κ3) is 3.11. The van der Waals surface area contributed by atoms with E-state index in [0.29, 0.717) is 43.3 Å². The van der Waals surface area contributed by atoms with Gasteiger partial charge in [-0.3, -0.25) is 9.59 Å². The first-order chi connectivity index (χ1) is 10.1. The Balaban J connectivity index is 2.43. The zero-order chi connectivity index (χ0) is 15.4. The molecule has 1 aliphatic heterocycles. The Bertz CT molecular complexity index is 538. The van der Waals surface area contributed by atoms with Crippen molar-refractivity contribution in [2.75, 3.05) is 50.5 Å². The Morgan fingerprint density at radius 2 is 2.00 bits per heavy atom. The Morgan fingerprint density at radius 3 is 2.57 bits per heavy atom. The van der Waals surface area contributed by atoms with Crippen molar-refractivity contribution >= 4 is 33.8 Å². The van der Waals surface area contributed by atoms with Crippen LogP contribution in [-0.4, -0.2) is 51.7 Å². The van der Waals surface area contributed by atoms with Gasteiger partial charge in [0.25, 0.3) is 11.8 Å². The molecule has 1 aliphatic rings. The van der Waals surface area contributed by atoms with Gasteiger partial charge in [0.1, 0.15) is 9.88 Å². The van der Waals surface area contributed by atoms with Crippen molar-refractivity contribution in [1.29, 1.82) is 0 Å². The van der Waals surface area contributed by atoms with Gasteiger partial charge >= 0.3 is 0 Å². The Hall–Kier alpha value is -1.80. The van der Waals surface area contributed by atoms with Gasteiger partial charge < -0.3 is 26.0 Å². The molecule has 0 radical (unpaired) electrons. The summed E-state index contributed by atoms with van der Waals surface area (Å²) in [6, 6.07) is 0. The Labute approximate surface area is 127 Å². The Kier molecular flexibility index (Phi) is 5.03. The number of nitrogens with two attached hydrogens (primary N) is 1. The summed E-state index contributed by atoms with van der Waals surface area (Å²) < 4.78 is 5.32. The highest BCUT2D eigenvalue weighted by Crippen LogP contribution is 2.38. The van der Waals surface area contributed by atoms with E-state index in [4.69, 9.17) is 10.5 Å². The molecule has 7 nitrogen and oxygen atoms in total. The van der Waals surface area contributed by atoms with Crippen LogP contribution in [0.3, 0.4) is 0 Å². The lowest BCUT2D eigenvalue weighted by Crippen LogP contribution is -2.37. The molecular weight excluding hydrogens is 292 g/mol. The highest BCUT2D eigenvalue weighted by atomic mass is 32.1. The van der Waals surface area contributed by atoms with Crippen molar-refractivity contribution in [3.8, 4) is 0 Å².